The van der Waals surface area contributed by atoms with E-state index in [9.17, 15) is 9.59 Å². The van der Waals surface area contributed by atoms with Crippen LogP contribution in [0.1, 0.15) is 11.4 Å². The van der Waals surface area contributed by atoms with Crippen molar-refractivity contribution in [3.05, 3.63) is 127 Å². The van der Waals surface area contributed by atoms with Crippen LogP contribution in [-0.4, -0.2) is 22.1 Å². The summed E-state index contributed by atoms with van der Waals surface area (Å²) in [5, 5.41) is 7.51. The number of carbonyl (C=O) groups excluding carboxylic acids is 1. The Morgan fingerprint density at radius 2 is 1.62 bits per heavy atom. The molecule has 0 fully saturated rings. The summed E-state index contributed by atoms with van der Waals surface area (Å²) in [6.45, 7) is -0.141. The summed E-state index contributed by atoms with van der Waals surface area (Å²) in [6, 6.07) is 27.3. The summed E-state index contributed by atoms with van der Waals surface area (Å²) < 4.78 is 2.08. The molecular weight excluding hydrogens is 601 g/mol. The van der Waals surface area contributed by atoms with Crippen molar-refractivity contribution in [2.75, 3.05) is 22.6 Å². The molecule has 3 N–H and O–H groups in total. The molecule has 0 aliphatic heterocycles. The Morgan fingerprint density at radius 1 is 0.897 bits per heavy atom. The zero-order chi connectivity index (χ0) is 27.4. The Kier molecular flexibility index (Phi) is 8.16. The van der Waals surface area contributed by atoms with Crippen LogP contribution in [0.5, 0.6) is 0 Å². The molecule has 1 heterocycles. The molecule has 7 nitrogen and oxygen atoms in total. The number of aromatic nitrogens is 2. The highest BCUT2D eigenvalue weighted by molar-refractivity contribution is 9.10. The Bertz CT molecular complexity index is 1710. The van der Waals surface area contributed by atoms with Crippen LogP contribution in [-0.2, 0) is 11.2 Å². The minimum atomic E-state index is -0.316. The minimum absolute atomic E-state index is 0.141. The molecule has 0 saturated heterocycles. The van der Waals surface area contributed by atoms with Crippen LogP contribution in [0.15, 0.2) is 100 Å². The number of benzene rings is 4. The van der Waals surface area contributed by atoms with Crippen molar-refractivity contribution >= 4 is 73.0 Å². The molecule has 10 heteroatoms. The van der Waals surface area contributed by atoms with E-state index in [4.69, 9.17) is 28.2 Å². The zero-order valence-electron chi connectivity index (χ0n) is 20.4. The fraction of sp³-hybridized carbons (Fsp3) is 0.0690. The monoisotopic (exact) mass is 621 g/mol. The second kappa shape index (κ2) is 11.9. The SMILES string of the molecule is O=C(CNn1c(Cc2ccccc2Nc2c(Cl)cccc2Cl)nc2ccc(Br)cc2c1=O)Nc1ccccc1. The first-order valence-electron chi connectivity index (χ1n) is 12.0. The third kappa shape index (κ3) is 6.25. The number of rotatable bonds is 8. The number of halogens is 3. The molecule has 0 spiro atoms. The van der Waals surface area contributed by atoms with Crippen molar-refractivity contribution in [2.24, 2.45) is 0 Å². The van der Waals surface area contributed by atoms with Gasteiger partial charge in [0, 0.05) is 22.3 Å². The van der Waals surface area contributed by atoms with Crippen LogP contribution in [0.3, 0.4) is 0 Å². The molecule has 5 rings (SSSR count). The summed E-state index contributed by atoms with van der Waals surface area (Å²) in [4.78, 5) is 31.0. The van der Waals surface area contributed by atoms with Gasteiger partial charge >= 0.3 is 0 Å². The molecule has 0 unspecified atom stereocenters. The highest BCUT2D eigenvalue weighted by Crippen LogP contribution is 2.34. The van der Waals surface area contributed by atoms with Crippen LogP contribution >= 0.6 is 39.1 Å². The van der Waals surface area contributed by atoms with Crippen LogP contribution in [0.4, 0.5) is 17.1 Å². The molecule has 5 aromatic rings. The van der Waals surface area contributed by atoms with Gasteiger partial charge in [-0.2, -0.15) is 0 Å². The van der Waals surface area contributed by atoms with Crippen LogP contribution in [0.25, 0.3) is 10.9 Å². The van der Waals surface area contributed by atoms with Gasteiger partial charge in [-0.15, -0.1) is 0 Å². The Balaban J connectivity index is 1.49. The highest BCUT2D eigenvalue weighted by Gasteiger charge is 2.16. The predicted octanol–water partition coefficient (Wildman–Crippen LogP) is 6.98. The number of amides is 1. The molecule has 0 aliphatic rings. The summed E-state index contributed by atoms with van der Waals surface area (Å²) >= 11 is 16.2. The first-order chi connectivity index (χ1) is 18.9. The van der Waals surface area contributed by atoms with E-state index in [1.165, 1.54) is 4.68 Å². The van der Waals surface area contributed by atoms with Crippen molar-refractivity contribution in [1.29, 1.82) is 0 Å². The Hall–Kier alpha value is -3.85. The molecule has 4 aromatic carbocycles. The molecule has 0 saturated carbocycles. The second-order valence-electron chi connectivity index (χ2n) is 8.63. The lowest BCUT2D eigenvalue weighted by atomic mass is 10.1. The minimum Gasteiger partial charge on any atom is -0.353 e. The summed E-state index contributed by atoms with van der Waals surface area (Å²) in [7, 11) is 0. The van der Waals surface area contributed by atoms with Gasteiger partial charge in [-0.3, -0.25) is 9.59 Å². The van der Waals surface area contributed by atoms with E-state index in [0.29, 0.717) is 38.1 Å². The number of hydrogen-bond acceptors (Lipinski definition) is 5. The first kappa shape index (κ1) is 26.7. The van der Waals surface area contributed by atoms with Crippen molar-refractivity contribution in [1.82, 2.24) is 9.66 Å². The maximum Gasteiger partial charge on any atom is 0.280 e. The molecule has 39 heavy (non-hydrogen) atoms. The normalized spacial score (nSPS) is 10.8. The number of anilines is 3. The molecule has 0 aliphatic carbocycles. The van der Waals surface area contributed by atoms with E-state index >= 15 is 0 Å². The van der Waals surface area contributed by atoms with Crippen molar-refractivity contribution in [3.63, 3.8) is 0 Å². The lowest BCUT2D eigenvalue weighted by molar-refractivity contribution is -0.114. The Morgan fingerprint density at radius 3 is 2.38 bits per heavy atom. The number of nitrogens with one attached hydrogen (secondary N) is 3. The number of hydrogen-bond donors (Lipinski definition) is 3. The van der Waals surface area contributed by atoms with Crippen molar-refractivity contribution in [3.8, 4) is 0 Å². The first-order valence-corrected chi connectivity index (χ1v) is 13.5. The van der Waals surface area contributed by atoms with Crippen LogP contribution in [0.2, 0.25) is 10.0 Å². The second-order valence-corrected chi connectivity index (χ2v) is 10.4. The maximum absolute atomic E-state index is 13.6. The molecular formula is C29H22BrCl2N5O2. The predicted molar refractivity (Wildman–Crippen MR) is 162 cm³/mol. The zero-order valence-corrected chi connectivity index (χ0v) is 23.5. The van der Waals surface area contributed by atoms with E-state index in [0.717, 1.165) is 15.7 Å². The largest absolute Gasteiger partial charge is 0.353 e. The van der Waals surface area contributed by atoms with E-state index in [2.05, 4.69) is 32.0 Å². The molecule has 1 aromatic heterocycles. The quantitative estimate of drug-likeness (QED) is 0.174. The number of para-hydroxylation sites is 3. The Labute approximate surface area is 242 Å². The standard InChI is InChI=1S/C29H22BrCl2N5O2/c30-19-13-14-25-21(16-19)29(39)37(33-17-27(38)34-20-8-2-1-3-9-20)26(35-25)15-18-7-4-5-12-24(18)36-28-22(31)10-6-11-23(28)32/h1-14,16,33,36H,15,17H2,(H,34,38). The third-order valence-electron chi connectivity index (χ3n) is 5.94. The van der Waals surface area contributed by atoms with Gasteiger partial charge in [-0.1, -0.05) is 81.6 Å². The molecule has 0 radical (unpaired) electrons. The van der Waals surface area contributed by atoms with Gasteiger partial charge in [0.25, 0.3) is 5.56 Å². The lowest BCUT2D eigenvalue weighted by Crippen LogP contribution is -2.37. The topological polar surface area (TPSA) is 88.1 Å². The maximum atomic E-state index is 13.6. The number of nitrogens with zero attached hydrogens (tertiary/aromatic N) is 2. The summed E-state index contributed by atoms with van der Waals surface area (Å²) in [6.07, 6.45) is 0.278. The lowest BCUT2D eigenvalue weighted by Gasteiger charge is -2.18. The fourth-order valence-corrected chi connectivity index (χ4v) is 4.93. The third-order valence-corrected chi connectivity index (χ3v) is 7.07. The highest BCUT2D eigenvalue weighted by atomic mass is 79.9. The fourth-order valence-electron chi connectivity index (χ4n) is 4.08. The summed E-state index contributed by atoms with van der Waals surface area (Å²) in [5.74, 6) is 0.130. The van der Waals surface area contributed by atoms with Gasteiger partial charge in [0.1, 0.15) is 12.4 Å². The van der Waals surface area contributed by atoms with Gasteiger partial charge in [0.15, 0.2) is 0 Å². The average molecular weight is 623 g/mol. The van der Waals surface area contributed by atoms with Crippen LogP contribution < -0.4 is 21.6 Å². The number of fused-ring (bicyclic) bond motifs is 1. The smallest absolute Gasteiger partial charge is 0.280 e. The molecule has 0 atom stereocenters. The van der Waals surface area contributed by atoms with E-state index in [1.807, 2.05) is 48.5 Å². The van der Waals surface area contributed by atoms with E-state index in [1.54, 1.807) is 42.5 Å². The van der Waals surface area contributed by atoms with Gasteiger partial charge in [-0.25, -0.2) is 9.66 Å². The van der Waals surface area contributed by atoms with Gasteiger partial charge in [0.2, 0.25) is 5.91 Å². The van der Waals surface area contributed by atoms with Crippen LogP contribution in [0, 0.1) is 0 Å². The van der Waals surface area contributed by atoms with Gasteiger partial charge in [-0.05, 0) is 54.1 Å². The average Bonchev–Trinajstić information content (AvgIpc) is 2.92. The van der Waals surface area contributed by atoms with Gasteiger partial charge in [0.05, 0.1) is 26.6 Å². The number of carbonyl (C=O) groups is 1. The van der Waals surface area contributed by atoms with E-state index < -0.39 is 0 Å². The molecule has 1 amide bonds. The van der Waals surface area contributed by atoms with E-state index in [-0.39, 0.29) is 24.4 Å². The van der Waals surface area contributed by atoms with Gasteiger partial charge < -0.3 is 16.1 Å². The van der Waals surface area contributed by atoms with Crippen molar-refractivity contribution in [2.45, 2.75) is 6.42 Å². The molecule has 0 bridgehead atoms. The molecule has 196 valence electrons. The van der Waals surface area contributed by atoms with Crippen molar-refractivity contribution < 1.29 is 4.79 Å². The summed E-state index contributed by atoms with van der Waals surface area (Å²) in [5.41, 5.74) is 6.05.